The van der Waals surface area contributed by atoms with Gasteiger partial charge >= 0.3 is 5.97 Å². The lowest BCUT2D eigenvalue weighted by Gasteiger charge is -2.13. The van der Waals surface area contributed by atoms with Crippen LogP contribution in [0.25, 0.3) is 0 Å². The molecule has 0 rings (SSSR count). The van der Waals surface area contributed by atoms with Crippen molar-refractivity contribution in [1.82, 2.24) is 5.32 Å². The van der Waals surface area contributed by atoms with Crippen molar-refractivity contribution in [3.8, 4) is 12.3 Å². The molecule has 0 aliphatic heterocycles. The van der Waals surface area contributed by atoms with Crippen molar-refractivity contribution in [3.05, 3.63) is 0 Å². The molecule has 0 aromatic rings. The Balaban J connectivity index is 3.88. The number of carbonyl (C=O) groups is 1. The van der Waals surface area contributed by atoms with E-state index in [-0.39, 0.29) is 12.0 Å². The van der Waals surface area contributed by atoms with E-state index in [4.69, 9.17) is 6.42 Å². The van der Waals surface area contributed by atoms with Gasteiger partial charge in [-0.1, -0.05) is 5.92 Å². The van der Waals surface area contributed by atoms with Gasteiger partial charge in [-0.25, -0.2) is 0 Å². The standard InChI is InChI=1S/C9H15NO2S/c1-4-6-10-8(5-7-13-3)9(11)12-2/h1,8,10H,5-7H2,2-3H3. The lowest BCUT2D eigenvalue weighted by Crippen LogP contribution is -2.38. The molecule has 0 heterocycles. The Morgan fingerprint density at radius 3 is 2.92 bits per heavy atom. The summed E-state index contributed by atoms with van der Waals surface area (Å²) >= 11 is 1.69. The summed E-state index contributed by atoms with van der Waals surface area (Å²) in [6, 6.07) is -0.270. The summed E-state index contributed by atoms with van der Waals surface area (Å²) in [5, 5.41) is 2.93. The predicted octanol–water partition coefficient (Wildman–Crippen LogP) is 0.504. The van der Waals surface area contributed by atoms with Gasteiger partial charge in [0.05, 0.1) is 13.7 Å². The van der Waals surface area contributed by atoms with Gasteiger partial charge in [0.1, 0.15) is 6.04 Å². The largest absolute Gasteiger partial charge is 0.468 e. The monoisotopic (exact) mass is 201 g/mol. The molecule has 0 bridgehead atoms. The van der Waals surface area contributed by atoms with E-state index in [0.29, 0.717) is 6.54 Å². The van der Waals surface area contributed by atoms with Crippen LogP contribution in [0.3, 0.4) is 0 Å². The molecule has 0 saturated heterocycles. The SMILES string of the molecule is C#CCNC(CCSC)C(=O)OC. The predicted molar refractivity (Wildman–Crippen MR) is 55.6 cm³/mol. The summed E-state index contributed by atoms with van der Waals surface area (Å²) in [6.45, 7) is 0.397. The number of hydrogen-bond acceptors (Lipinski definition) is 4. The normalized spacial score (nSPS) is 11.8. The van der Waals surface area contributed by atoms with E-state index in [0.717, 1.165) is 12.2 Å². The number of ether oxygens (including phenoxy) is 1. The van der Waals surface area contributed by atoms with Crippen molar-refractivity contribution in [2.24, 2.45) is 0 Å². The highest BCUT2D eigenvalue weighted by Crippen LogP contribution is 2.01. The van der Waals surface area contributed by atoms with Gasteiger partial charge in [-0.15, -0.1) is 6.42 Å². The smallest absolute Gasteiger partial charge is 0.322 e. The molecule has 1 N–H and O–H groups in total. The molecule has 0 aromatic carbocycles. The number of terminal acetylenes is 1. The Kier molecular flexibility index (Phi) is 7.56. The number of nitrogens with one attached hydrogen (secondary N) is 1. The van der Waals surface area contributed by atoms with Crippen LogP contribution < -0.4 is 5.32 Å². The summed E-state index contributed by atoms with van der Waals surface area (Å²) in [5.41, 5.74) is 0. The van der Waals surface area contributed by atoms with Crippen molar-refractivity contribution in [2.75, 3.05) is 25.7 Å². The van der Waals surface area contributed by atoms with Crippen LogP contribution >= 0.6 is 11.8 Å². The highest BCUT2D eigenvalue weighted by Gasteiger charge is 2.16. The molecule has 0 spiro atoms. The van der Waals surface area contributed by atoms with Gasteiger partial charge in [-0.05, 0) is 18.4 Å². The minimum absolute atomic E-state index is 0.246. The first-order valence-electron chi connectivity index (χ1n) is 3.99. The minimum Gasteiger partial charge on any atom is -0.468 e. The second kappa shape index (κ2) is 7.96. The number of rotatable bonds is 6. The van der Waals surface area contributed by atoms with E-state index in [2.05, 4.69) is 16.0 Å². The zero-order chi connectivity index (χ0) is 10.1. The maximum Gasteiger partial charge on any atom is 0.322 e. The molecule has 0 saturated carbocycles. The second-order valence-electron chi connectivity index (χ2n) is 2.44. The van der Waals surface area contributed by atoms with Crippen LogP contribution in [0.1, 0.15) is 6.42 Å². The molecule has 3 nitrogen and oxygen atoms in total. The molecule has 0 aliphatic rings. The van der Waals surface area contributed by atoms with E-state index < -0.39 is 0 Å². The highest BCUT2D eigenvalue weighted by molar-refractivity contribution is 7.98. The van der Waals surface area contributed by atoms with E-state index in [1.807, 2.05) is 6.26 Å². The topological polar surface area (TPSA) is 38.3 Å². The summed E-state index contributed by atoms with van der Waals surface area (Å²) in [7, 11) is 1.38. The van der Waals surface area contributed by atoms with Crippen LogP contribution in [0.5, 0.6) is 0 Å². The highest BCUT2D eigenvalue weighted by atomic mass is 32.2. The fourth-order valence-electron chi connectivity index (χ4n) is 0.863. The van der Waals surface area contributed by atoms with Crippen molar-refractivity contribution < 1.29 is 9.53 Å². The van der Waals surface area contributed by atoms with Crippen LogP contribution in [0, 0.1) is 12.3 Å². The van der Waals surface area contributed by atoms with Gasteiger partial charge < -0.3 is 4.74 Å². The van der Waals surface area contributed by atoms with Crippen LogP contribution in [-0.4, -0.2) is 37.7 Å². The van der Waals surface area contributed by atoms with Gasteiger partial charge in [0.25, 0.3) is 0 Å². The first-order valence-corrected chi connectivity index (χ1v) is 5.39. The lowest BCUT2D eigenvalue weighted by atomic mass is 10.2. The molecular formula is C9H15NO2S. The quantitative estimate of drug-likeness (QED) is 0.502. The maximum atomic E-state index is 11.2. The molecular weight excluding hydrogens is 186 g/mol. The molecule has 1 atom stereocenters. The molecule has 1 unspecified atom stereocenters. The van der Waals surface area contributed by atoms with Gasteiger partial charge in [-0.3, -0.25) is 10.1 Å². The number of hydrogen-bond donors (Lipinski definition) is 1. The number of methoxy groups -OCH3 is 1. The third kappa shape index (κ3) is 5.56. The number of esters is 1. The third-order valence-corrected chi connectivity index (χ3v) is 2.19. The fraction of sp³-hybridized carbons (Fsp3) is 0.667. The minimum atomic E-state index is -0.270. The van der Waals surface area contributed by atoms with E-state index >= 15 is 0 Å². The second-order valence-corrected chi connectivity index (χ2v) is 3.43. The Morgan fingerprint density at radius 1 is 1.77 bits per heavy atom. The Morgan fingerprint density at radius 2 is 2.46 bits per heavy atom. The number of thioether (sulfide) groups is 1. The Hall–Kier alpha value is -0.660. The first-order chi connectivity index (χ1) is 6.26. The summed E-state index contributed by atoms with van der Waals surface area (Å²) < 4.78 is 4.63. The van der Waals surface area contributed by atoms with Gasteiger partial charge in [-0.2, -0.15) is 11.8 Å². The molecule has 0 fully saturated rings. The zero-order valence-electron chi connectivity index (χ0n) is 8.00. The summed E-state index contributed by atoms with van der Waals surface area (Å²) in [5.74, 6) is 3.10. The molecule has 74 valence electrons. The van der Waals surface area contributed by atoms with Crippen LogP contribution in [0.2, 0.25) is 0 Å². The van der Waals surface area contributed by atoms with Crippen molar-refractivity contribution in [1.29, 1.82) is 0 Å². The van der Waals surface area contributed by atoms with E-state index in [1.54, 1.807) is 11.8 Å². The molecule has 0 amide bonds. The van der Waals surface area contributed by atoms with Crippen LogP contribution in [0.4, 0.5) is 0 Å². The third-order valence-electron chi connectivity index (χ3n) is 1.55. The average molecular weight is 201 g/mol. The zero-order valence-corrected chi connectivity index (χ0v) is 8.82. The molecule has 0 aliphatic carbocycles. The number of carbonyl (C=O) groups excluding carboxylic acids is 1. The van der Waals surface area contributed by atoms with Crippen LogP contribution in [-0.2, 0) is 9.53 Å². The summed E-state index contributed by atoms with van der Waals surface area (Å²) in [6.07, 6.45) is 7.82. The Labute approximate surface area is 83.6 Å². The molecule has 4 heteroatoms. The van der Waals surface area contributed by atoms with Crippen LogP contribution in [0.15, 0.2) is 0 Å². The Bertz CT molecular complexity index is 189. The van der Waals surface area contributed by atoms with E-state index in [1.165, 1.54) is 7.11 Å². The van der Waals surface area contributed by atoms with E-state index in [9.17, 15) is 4.79 Å². The fourth-order valence-corrected chi connectivity index (χ4v) is 1.33. The van der Waals surface area contributed by atoms with Gasteiger partial charge in [0.15, 0.2) is 0 Å². The van der Waals surface area contributed by atoms with Crippen molar-refractivity contribution in [2.45, 2.75) is 12.5 Å². The lowest BCUT2D eigenvalue weighted by molar-refractivity contribution is -0.143. The average Bonchev–Trinajstić information content (AvgIpc) is 2.17. The molecule has 0 radical (unpaired) electrons. The maximum absolute atomic E-state index is 11.2. The van der Waals surface area contributed by atoms with Crippen molar-refractivity contribution >= 4 is 17.7 Å². The van der Waals surface area contributed by atoms with Gasteiger partial charge in [0.2, 0.25) is 0 Å². The molecule has 0 aromatic heterocycles. The first kappa shape index (κ1) is 12.3. The molecule has 13 heavy (non-hydrogen) atoms. The van der Waals surface area contributed by atoms with Gasteiger partial charge in [0, 0.05) is 0 Å². The van der Waals surface area contributed by atoms with Crippen molar-refractivity contribution in [3.63, 3.8) is 0 Å². The summed E-state index contributed by atoms with van der Waals surface area (Å²) in [4.78, 5) is 11.2.